The molecule has 24 heavy (non-hydrogen) atoms. The predicted octanol–water partition coefficient (Wildman–Crippen LogP) is 2.81. The van der Waals surface area contributed by atoms with Gasteiger partial charge in [-0.25, -0.2) is 14.0 Å². The van der Waals surface area contributed by atoms with Gasteiger partial charge < -0.3 is 14.8 Å². The van der Waals surface area contributed by atoms with Crippen molar-refractivity contribution in [2.45, 2.75) is 25.7 Å². The van der Waals surface area contributed by atoms with Gasteiger partial charge >= 0.3 is 23.9 Å². The summed E-state index contributed by atoms with van der Waals surface area (Å²) in [6.45, 7) is 1.64. The molecule has 134 valence electrons. The van der Waals surface area contributed by atoms with E-state index >= 15 is 0 Å². The van der Waals surface area contributed by atoms with E-state index < -0.39 is 36.3 Å². The minimum atomic E-state index is -5.28. The fourth-order valence-electron chi connectivity index (χ4n) is 1.75. The number of benzene rings is 1. The highest BCUT2D eigenvalue weighted by Gasteiger charge is 2.64. The van der Waals surface area contributed by atoms with E-state index in [0.717, 1.165) is 12.1 Å². The maximum absolute atomic E-state index is 13.4. The zero-order valence-corrected chi connectivity index (χ0v) is 12.9. The van der Waals surface area contributed by atoms with Crippen molar-refractivity contribution >= 4 is 17.7 Å². The number of halogens is 4. The minimum absolute atomic E-state index is 0.107. The van der Waals surface area contributed by atoms with Gasteiger partial charge in [0.15, 0.2) is 0 Å². The molecule has 0 aliphatic rings. The highest BCUT2D eigenvalue weighted by atomic mass is 19.4. The zero-order chi connectivity index (χ0) is 18.4. The quantitative estimate of drug-likeness (QED) is 0.469. The molecule has 0 heterocycles. The summed E-state index contributed by atoms with van der Waals surface area (Å²) >= 11 is 0. The summed E-state index contributed by atoms with van der Waals surface area (Å²) in [5.74, 6) is -2.51. The van der Waals surface area contributed by atoms with Gasteiger partial charge in [0.25, 0.3) is 0 Å². The Morgan fingerprint density at radius 3 is 2.33 bits per heavy atom. The van der Waals surface area contributed by atoms with Crippen molar-refractivity contribution in [3.63, 3.8) is 0 Å². The standard InChI is InChI=1S/C14H16F4N2O4/c1-3-23-11(21)13(24-4-2,14(16,17)18)20-12(22)19-10-7-5-6-9(15)8-10/h5-8H,3-4H2,1-2H3,(H2,19,20,22). The Morgan fingerprint density at radius 1 is 1.17 bits per heavy atom. The lowest BCUT2D eigenvalue weighted by Gasteiger charge is -2.33. The lowest BCUT2D eigenvalue weighted by Crippen LogP contribution is -2.67. The molecule has 2 amide bonds. The predicted molar refractivity (Wildman–Crippen MR) is 75.6 cm³/mol. The number of urea groups is 1. The third kappa shape index (κ3) is 4.57. The number of ether oxygens (including phenoxy) is 2. The monoisotopic (exact) mass is 352 g/mol. The first-order chi connectivity index (χ1) is 11.2. The molecule has 0 saturated carbocycles. The van der Waals surface area contributed by atoms with Crippen molar-refractivity contribution in [3.05, 3.63) is 30.1 Å². The Bertz CT molecular complexity index is 594. The fourth-order valence-corrected chi connectivity index (χ4v) is 1.75. The van der Waals surface area contributed by atoms with Gasteiger partial charge in [-0.15, -0.1) is 0 Å². The van der Waals surface area contributed by atoms with E-state index in [1.165, 1.54) is 31.3 Å². The van der Waals surface area contributed by atoms with E-state index in [4.69, 9.17) is 0 Å². The molecule has 0 aliphatic carbocycles. The summed E-state index contributed by atoms with van der Waals surface area (Å²) in [5.41, 5.74) is -3.78. The number of esters is 1. The van der Waals surface area contributed by atoms with Gasteiger partial charge in [-0.05, 0) is 32.0 Å². The Kier molecular flexibility index (Phi) is 6.52. The highest BCUT2D eigenvalue weighted by Crippen LogP contribution is 2.33. The third-order valence-corrected chi connectivity index (χ3v) is 2.69. The molecule has 0 radical (unpaired) electrons. The van der Waals surface area contributed by atoms with Crippen LogP contribution in [0.15, 0.2) is 24.3 Å². The first kappa shape index (κ1) is 19.7. The molecule has 0 fully saturated rings. The number of hydrogen-bond acceptors (Lipinski definition) is 4. The molecule has 6 nitrogen and oxygen atoms in total. The van der Waals surface area contributed by atoms with E-state index in [9.17, 15) is 27.2 Å². The average molecular weight is 352 g/mol. The van der Waals surface area contributed by atoms with Crippen molar-refractivity contribution in [3.8, 4) is 0 Å². The Balaban J connectivity index is 3.06. The number of carbonyl (C=O) groups excluding carboxylic acids is 2. The van der Waals surface area contributed by atoms with Crippen LogP contribution in [0.2, 0.25) is 0 Å². The number of rotatable bonds is 6. The molecule has 2 N–H and O–H groups in total. The normalized spacial score (nSPS) is 13.8. The number of amides is 2. The van der Waals surface area contributed by atoms with E-state index in [0.29, 0.717) is 0 Å². The Hall–Kier alpha value is -2.36. The summed E-state index contributed by atoms with van der Waals surface area (Å²) in [4.78, 5) is 23.6. The topological polar surface area (TPSA) is 76.7 Å². The second-order valence-corrected chi connectivity index (χ2v) is 4.42. The first-order valence-electron chi connectivity index (χ1n) is 6.89. The summed E-state index contributed by atoms with van der Waals surface area (Å²) < 4.78 is 62.0. The van der Waals surface area contributed by atoms with Crippen LogP contribution < -0.4 is 10.6 Å². The minimum Gasteiger partial charge on any atom is -0.462 e. The number of anilines is 1. The van der Waals surface area contributed by atoms with Gasteiger partial charge in [0, 0.05) is 12.3 Å². The summed E-state index contributed by atoms with van der Waals surface area (Å²) in [6.07, 6.45) is -5.28. The smallest absolute Gasteiger partial charge is 0.448 e. The van der Waals surface area contributed by atoms with E-state index in [1.54, 1.807) is 0 Å². The molecular weight excluding hydrogens is 336 g/mol. The SMILES string of the molecule is CCOC(=O)C(NC(=O)Nc1cccc(F)c1)(OCC)C(F)(F)F. The van der Waals surface area contributed by atoms with Gasteiger partial charge in [0.2, 0.25) is 0 Å². The molecule has 1 aromatic carbocycles. The maximum Gasteiger partial charge on any atom is 0.448 e. The molecule has 10 heteroatoms. The Morgan fingerprint density at radius 2 is 1.83 bits per heavy atom. The van der Waals surface area contributed by atoms with Crippen molar-refractivity contribution in [2.24, 2.45) is 0 Å². The van der Waals surface area contributed by atoms with Crippen molar-refractivity contribution in [1.29, 1.82) is 0 Å². The first-order valence-corrected chi connectivity index (χ1v) is 6.89. The van der Waals surface area contributed by atoms with Crippen molar-refractivity contribution in [2.75, 3.05) is 18.5 Å². The van der Waals surface area contributed by atoms with Crippen LogP contribution in [-0.2, 0) is 14.3 Å². The van der Waals surface area contributed by atoms with Gasteiger partial charge in [0.05, 0.1) is 6.61 Å². The van der Waals surface area contributed by atoms with Crippen LogP contribution in [0.25, 0.3) is 0 Å². The molecule has 1 aromatic rings. The number of alkyl halides is 3. The Labute approximate surface area is 135 Å². The molecule has 0 aliphatic heterocycles. The summed E-state index contributed by atoms with van der Waals surface area (Å²) in [5, 5.41) is 3.42. The number of hydrogen-bond donors (Lipinski definition) is 2. The lowest BCUT2D eigenvalue weighted by atomic mass is 10.2. The second-order valence-electron chi connectivity index (χ2n) is 4.42. The summed E-state index contributed by atoms with van der Waals surface area (Å²) in [7, 11) is 0. The van der Waals surface area contributed by atoms with Gasteiger partial charge in [-0.1, -0.05) is 6.07 Å². The van der Waals surface area contributed by atoms with Gasteiger partial charge in [-0.3, -0.25) is 5.32 Å². The largest absolute Gasteiger partial charge is 0.462 e. The molecule has 0 bridgehead atoms. The van der Waals surface area contributed by atoms with Gasteiger partial charge in [0.1, 0.15) is 5.82 Å². The average Bonchev–Trinajstić information content (AvgIpc) is 2.45. The maximum atomic E-state index is 13.4. The number of nitrogens with one attached hydrogen (secondary N) is 2. The van der Waals surface area contributed by atoms with Crippen LogP contribution in [-0.4, -0.2) is 37.1 Å². The molecular formula is C14H16F4N2O4. The highest BCUT2D eigenvalue weighted by molar-refractivity contribution is 5.94. The van der Waals surface area contributed by atoms with Crippen LogP contribution in [0, 0.1) is 5.82 Å². The molecule has 0 spiro atoms. The van der Waals surface area contributed by atoms with Crippen LogP contribution in [0.1, 0.15) is 13.8 Å². The molecule has 0 saturated heterocycles. The number of carbonyl (C=O) groups is 2. The summed E-state index contributed by atoms with van der Waals surface area (Å²) in [6, 6.07) is 3.06. The molecule has 1 rings (SSSR count). The van der Waals surface area contributed by atoms with E-state index in [1.807, 2.05) is 5.32 Å². The fraction of sp³-hybridized carbons (Fsp3) is 0.429. The van der Waals surface area contributed by atoms with Crippen molar-refractivity contribution < 1.29 is 36.6 Å². The third-order valence-electron chi connectivity index (χ3n) is 2.69. The molecule has 0 aromatic heterocycles. The van der Waals surface area contributed by atoms with E-state index in [-0.39, 0.29) is 12.3 Å². The van der Waals surface area contributed by atoms with Crippen LogP contribution in [0.4, 0.5) is 28.0 Å². The van der Waals surface area contributed by atoms with Crippen LogP contribution in [0.5, 0.6) is 0 Å². The van der Waals surface area contributed by atoms with Gasteiger partial charge in [-0.2, -0.15) is 13.2 Å². The lowest BCUT2D eigenvalue weighted by molar-refractivity contribution is -0.282. The zero-order valence-electron chi connectivity index (χ0n) is 12.9. The van der Waals surface area contributed by atoms with Crippen LogP contribution in [0.3, 0.4) is 0 Å². The van der Waals surface area contributed by atoms with Crippen LogP contribution >= 0.6 is 0 Å². The molecule has 1 unspecified atom stereocenters. The van der Waals surface area contributed by atoms with Crippen molar-refractivity contribution in [1.82, 2.24) is 5.32 Å². The second kappa shape index (κ2) is 7.95. The molecule has 1 atom stereocenters. The van der Waals surface area contributed by atoms with E-state index in [2.05, 4.69) is 9.47 Å².